The van der Waals surface area contributed by atoms with Crippen molar-refractivity contribution < 1.29 is 19.6 Å². The number of hydrogen-bond acceptors (Lipinski definition) is 6. The molecule has 126 valence electrons. The summed E-state index contributed by atoms with van der Waals surface area (Å²) >= 11 is 0. The zero-order valence-corrected chi connectivity index (χ0v) is 13.6. The fraction of sp³-hybridized carbons (Fsp3) is 0.571. The zero-order valence-electron chi connectivity index (χ0n) is 13.6. The van der Waals surface area contributed by atoms with Crippen LogP contribution in [0, 0.1) is 5.92 Å². The highest BCUT2D eigenvalue weighted by Crippen LogP contribution is 2.06. The third kappa shape index (κ3) is 6.33. The molecule has 0 aliphatic carbocycles. The van der Waals surface area contributed by atoms with Crippen LogP contribution in [0.1, 0.15) is 44.1 Å². The van der Waals surface area contributed by atoms with Crippen molar-refractivity contribution in [1.29, 1.82) is 0 Å². The van der Waals surface area contributed by atoms with Gasteiger partial charge in [-0.1, -0.05) is 20.8 Å². The topological polar surface area (TPSA) is 124 Å². The molecule has 0 bridgehead atoms. The predicted molar refractivity (Wildman–Crippen MR) is 85.2 cm³/mol. The second-order valence-electron chi connectivity index (χ2n) is 5.68. The molecular formula is C14H23BN4O4. The largest absolute Gasteiger partial charge is 0.475 e. The van der Waals surface area contributed by atoms with Crippen molar-refractivity contribution in [2.45, 2.75) is 45.6 Å². The average Bonchev–Trinajstić information content (AvgIpc) is 2.51. The van der Waals surface area contributed by atoms with E-state index in [1.807, 2.05) is 13.8 Å². The minimum Gasteiger partial charge on any atom is -0.426 e. The van der Waals surface area contributed by atoms with Gasteiger partial charge in [0.05, 0.1) is 12.1 Å². The first-order chi connectivity index (χ1) is 10.8. The highest BCUT2D eigenvalue weighted by atomic mass is 16.4. The molecule has 1 aromatic rings. The molecule has 23 heavy (non-hydrogen) atoms. The highest BCUT2D eigenvalue weighted by molar-refractivity contribution is 6.43. The van der Waals surface area contributed by atoms with Gasteiger partial charge in [0.25, 0.3) is 5.91 Å². The molecule has 0 saturated heterocycles. The number of amides is 2. The van der Waals surface area contributed by atoms with Crippen LogP contribution in [0.4, 0.5) is 0 Å². The maximum Gasteiger partial charge on any atom is 0.475 e. The summed E-state index contributed by atoms with van der Waals surface area (Å²) in [6.45, 7) is 5.57. The van der Waals surface area contributed by atoms with Crippen LogP contribution in [0.2, 0.25) is 0 Å². The molecule has 2 amide bonds. The van der Waals surface area contributed by atoms with E-state index >= 15 is 0 Å². The number of hydrogen-bond donors (Lipinski definition) is 4. The second-order valence-corrected chi connectivity index (χ2v) is 5.68. The van der Waals surface area contributed by atoms with Crippen LogP contribution < -0.4 is 10.6 Å². The van der Waals surface area contributed by atoms with Gasteiger partial charge >= 0.3 is 7.12 Å². The Morgan fingerprint density at radius 3 is 2.43 bits per heavy atom. The summed E-state index contributed by atoms with van der Waals surface area (Å²) in [7, 11) is -1.66. The Morgan fingerprint density at radius 2 is 1.96 bits per heavy atom. The average molecular weight is 322 g/mol. The van der Waals surface area contributed by atoms with Crippen molar-refractivity contribution in [3.63, 3.8) is 0 Å². The molecule has 0 fully saturated rings. The van der Waals surface area contributed by atoms with Gasteiger partial charge in [-0.2, -0.15) is 0 Å². The van der Waals surface area contributed by atoms with Crippen molar-refractivity contribution in [3.05, 3.63) is 24.3 Å². The van der Waals surface area contributed by atoms with E-state index in [4.69, 9.17) is 0 Å². The number of nitrogens with zero attached hydrogens (tertiary/aromatic N) is 2. The number of rotatable bonds is 8. The minimum absolute atomic E-state index is 0.111. The maximum absolute atomic E-state index is 12.3. The first kappa shape index (κ1) is 19.1. The number of carbonyl (C=O) groups excluding carboxylic acids is 2. The van der Waals surface area contributed by atoms with Crippen molar-refractivity contribution in [2.24, 2.45) is 5.92 Å². The summed E-state index contributed by atoms with van der Waals surface area (Å²) in [5.74, 6) is -1.59. The monoisotopic (exact) mass is 322 g/mol. The van der Waals surface area contributed by atoms with E-state index in [-0.39, 0.29) is 11.6 Å². The maximum atomic E-state index is 12.3. The molecule has 0 aliphatic rings. The van der Waals surface area contributed by atoms with Crippen LogP contribution in [0.3, 0.4) is 0 Å². The van der Waals surface area contributed by atoms with Crippen molar-refractivity contribution >= 4 is 18.9 Å². The van der Waals surface area contributed by atoms with Gasteiger partial charge < -0.3 is 20.7 Å². The summed E-state index contributed by atoms with van der Waals surface area (Å²) in [4.78, 5) is 31.9. The molecule has 1 aromatic heterocycles. The molecule has 1 unspecified atom stereocenters. The molecule has 8 nitrogen and oxygen atoms in total. The lowest BCUT2D eigenvalue weighted by atomic mass is 9.75. The fourth-order valence-electron chi connectivity index (χ4n) is 2.05. The van der Waals surface area contributed by atoms with Crippen molar-refractivity contribution in [1.82, 2.24) is 20.6 Å². The van der Waals surface area contributed by atoms with Gasteiger partial charge in [0, 0.05) is 12.4 Å². The van der Waals surface area contributed by atoms with E-state index in [9.17, 15) is 19.6 Å². The Bertz CT molecular complexity index is 513. The molecule has 1 rings (SSSR count). The summed E-state index contributed by atoms with van der Waals surface area (Å²) in [5, 5.41) is 23.8. The first-order valence-electron chi connectivity index (χ1n) is 7.58. The Morgan fingerprint density at radius 1 is 1.26 bits per heavy atom. The summed E-state index contributed by atoms with van der Waals surface area (Å²) < 4.78 is 0. The Kier molecular flexibility index (Phi) is 7.63. The van der Waals surface area contributed by atoms with Crippen LogP contribution in [-0.4, -0.2) is 50.9 Å². The number of nitrogens with one attached hydrogen (secondary N) is 2. The number of aromatic nitrogens is 2. The standard InChI is InChI=1S/C14H23BN4O4/c1-4-10(18-14(21)11-8-16-5-6-17-11)13(20)19-12(15(22)23)7-9(2)3/h5-6,8-10,12,22-23H,4,7H2,1-3H3,(H,18,21)(H,19,20)/t10?,12-/m0/s1. The molecule has 0 aromatic carbocycles. The lowest BCUT2D eigenvalue weighted by Gasteiger charge is -2.23. The van der Waals surface area contributed by atoms with Gasteiger partial charge in [0.1, 0.15) is 11.7 Å². The van der Waals surface area contributed by atoms with Crippen LogP contribution in [0.25, 0.3) is 0 Å². The fourth-order valence-corrected chi connectivity index (χ4v) is 2.05. The van der Waals surface area contributed by atoms with Gasteiger partial charge in [-0.05, 0) is 18.8 Å². The third-order valence-electron chi connectivity index (χ3n) is 3.24. The highest BCUT2D eigenvalue weighted by Gasteiger charge is 2.29. The van der Waals surface area contributed by atoms with E-state index in [0.717, 1.165) is 0 Å². The second kappa shape index (κ2) is 9.21. The van der Waals surface area contributed by atoms with Gasteiger partial charge in [-0.25, -0.2) is 4.98 Å². The van der Waals surface area contributed by atoms with E-state index in [2.05, 4.69) is 20.6 Å². The van der Waals surface area contributed by atoms with Crippen molar-refractivity contribution in [3.8, 4) is 0 Å². The summed E-state index contributed by atoms with van der Waals surface area (Å²) in [6, 6.07) is -0.794. The van der Waals surface area contributed by atoms with Crippen LogP contribution in [-0.2, 0) is 4.79 Å². The Labute approximate surface area is 135 Å². The lowest BCUT2D eigenvalue weighted by molar-refractivity contribution is -0.123. The normalized spacial score (nSPS) is 13.3. The molecule has 4 N–H and O–H groups in total. The van der Waals surface area contributed by atoms with E-state index < -0.39 is 30.9 Å². The van der Waals surface area contributed by atoms with E-state index in [0.29, 0.717) is 12.8 Å². The van der Waals surface area contributed by atoms with Gasteiger partial charge in [-0.3, -0.25) is 14.6 Å². The molecule has 0 saturated carbocycles. The molecular weight excluding hydrogens is 299 g/mol. The summed E-state index contributed by atoms with van der Waals surface area (Å²) in [5.41, 5.74) is 0.111. The molecule has 0 spiro atoms. The van der Waals surface area contributed by atoms with Gasteiger partial charge in [0.2, 0.25) is 5.91 Å². The van der Waals surface area contributed by atoms with Gasteiger partial charge in [-0.15, -0.1) is 0 Å². The predicted octanol–water partition coefficient (Wildman–Crippen LogP) is -0.472. The third-order valence-corrected chi connectivity index (χ3v) is 3.24. The van der Waals surface area contributed by atoms with E-state index in [1.165, 1.54) is 18.6 Å². The van der Waals surface area contributed by atoms with Gasteiger partial charge in [0.15, 0.2) is 0 Å². The first-order valence-corrected chi connectivity index (χ1v) is 7.58. The lowest BCUT2D eigenvalue weighted by Crippen LogP contribution is -2.54. The van der Waals surface area contributed by atoms with Crippen LogP contribution in [0.15, 0.2) is 18.6 Å². The summed E-state index contributed by atoms with van der Waals surface area (Å²) in [6.07, 6.45) is 4.90. The molecule has 1 heterocycles. The molecule has 2 atom stereocenters. The quantitative estimate of drug-likeness (QED) is 0.480. The Balaban J connectivity index is 2.69. The van der Waals surface area contributed by atoms with E-state index in [1.54, 1.807) is 6.92 Å². The molecule has 9 heteroatoms. The van der Waals surface area contributed by atoms with Crippen LogP contribution in [0.5, 0.6) is 0 Å². The van der Waals surface area contributed by atoms with Crippen LogP contribution >= 0.6 is 0 Å². The smallest absolute Gasteiger partial charge is 0.426 e. The number of carbonyl (C=O) groups is 2. The Hall–Kier alpha value is -2.00. The van der Waals surface area contributed by atoms with Crippen molar-refractivity contribution in [2.75, 3.05) is 0 Å². The molecule has 0 radical (unpaired) electrons. The zero-order chi connectivity index (χ0) is 17.4. The minimum atomic E-state index is -1.66. The SMILES string of the molecule is CCC(NC(=O)c1cnccn1)C(=O)N[C@@H](CC(C)C)B(O)O. The molecule has 0 aliphatic heterocycles.